The number of nitrogens with one attached hydrogen (secondary N) is 1. The van der Waals surface area contributed by atoms with E-state index in [1.165, 1.54) is 25.7 Å². The van der Waals surface area contributed by atoms with Crippen LogP contribution in [0, 0.1) is 0 Å². The Balaban J connectivity index is 1.87. The number of aromatic nitrogens is 2. The number of hydrogen-bond acceptors (Lipinski definition) is 3. The van der Waals surface area contributed by atoms with E-state index in [4.69, 9.17) is 0 Å². The molecule has 0 saturated heterocycles. The fourth-order valence-electron chi connectivity index (χ4n) is 2.32. The lowest BCUT2D eigenvalue weighted by molar-refractivity contribution is 0.336. The molecule has 0 amide bonds. The summed E-state index contributed by atoms with van der Waals surface area (Å²) in [5.74, 6) is 1.04. The maximum Gasteiger partial charge on any atom is 0.203 e. The van der Waals surface area contributed by atoms with Crippen molar-refractivity contribution in [1.29, 1.82) is 0 Å². The van der Waals surface area contributed by atoms with Gasteiger partial charge in [-0.3, -0.25) is 0 Å². The standard InChI is InChI=1S/C13H24N4/c1-3-16(2)10-11-17-9-8-14-13(17)15-12-6-4-5-7-12/h8-9,12H,3-7,10-11H2,1-2H3,(H,14,15). The average molecular weight is 236 g/mol. The first-order chi connectivity index (χ1) is 8.29. The maximum absolute atomic E-state index is 4.42. The molecule has 1 saturated carbocycles. The van der Waals surface area contributed by atoms with Crippen molar-refractivity contribution in [3.63, 3.8) is 0 Å². The van der Waals surface area contributed by atoms with Crippen LogP contribution >= 0.6 is 0 Å². The minimum absolute atomic E-state index is 0.639. The monoisotopic (exact) mass is 236 g/mol. The Morgan fingerprint density at radius 2 is 2.24 bits per heavy atom. The highest BCUT2D eigenvalue weighted by molar-refractivity contribution is 5.27. The van der Waals surface area contributed by atoms with Crippen molar-refractivity contribution in [2.24, 2.45) is 0 Å². The molecule has 0 atom stereocenters. The molecule has 0 bridgehead atoms. The van der Waals surface area contributed by atoms with E-state index in [0.29, 0.717) is 6.04 Å². The second-order valence-electron chi connectivity index (χ2n) is 4.97. The van der Waals surface area contributed by atoms with Gasteiger partial charge in [0.25, 0.3) is 0 Å². The van der Waals surface area contributed by atoms with Gasteiger partial charge in [0, 0.05) is 31.5 Å². The van der Waals surface area contributed by atoms with Crippen LogP contribution in [-0.4, -0.2) is 40.6 Å². The van der Waals surface area contributed by atoms with E-state index in [-0.39, 0.29) is 0 Å². The van der Waals surface area contributed by atoms with Crippen molar-refractivity contribution in [3.8, 4) is 0 Å². The van der Waals surface area contributed by atoms with Crippen LogP contribution in [0.25, 0.3) is 0 Å². The van der Waals surface area contributed by atoms with Crippen molar-refractivity contribution in [2.45, 2.75) is 45.2 Å². The number of anilines is 1. The van der Waals surface area contributed by atoms with Crippen molar-refractivity contribution in [3.05, 3.63) is 12.4 Å². The highest BCUT2D eigenvalue weighted by atomic mass is 15.2. The third-order valence-electron chi connectivity index (χ3n) is 3.67. The molecule has 0 aromatic carbocycles. The van der Waals surface area contributed by atoms with E-state index < -0.39 is 0 Å². The van der Waals surface area contributed by atoms with Crippen molar-refractivity contribution < 1.29 is 0 Å². The lowest BCUT2D eigenvalue weighted by atomic mass is 10.2. The van der Waals surface area contributed by atoms with Crippen molar-refractivity contribution in [2.75, 3.05) is 25.5 Å². The predicted octanol–water partition coefficient (Wildman–Crippen LogP) is 2.19. The molecular formula is C13H24N4. The summed E-state index contributed by atoms with van der Waals surface area (Å²) in [4.78, 5) is 6.74. The van der Waals surface area contributed by atoms with Gasteiger partial charge < -0.3 is 14.8 Å². The maximum atomic E-state index is 4.42. The van der Waals surface area contributed by atoms with Gasteiger partial charge in [-0.05, 0) is 26.4 Å². The Morgan fingerprint density at radius 3 is 2.94 bits per heavy atom. The number of nitrogens with zero attached hydrogens (tertiary/aromatic N) is 3. The molecule has 1 N–H and O–H groups in total. The molecule has 1 fully saturated rings. The molecule has 4 nitrogen and oxygen atoms in total. The topological polar surface area (TPSA) is 33.1 Å². The zero-order valence-electron chi connectivity index (χ0n) is 11.0. The molecule has 1 heterocycles. The first-order valence-electron chi connectivity index (χ1n) is 6.76. The van der Waals surface area contributed by atoms with Crippen LogP contribution in [0.15, 0.2) is 12.4 Å². The highest BCUT2D eigenvalue weighted by Gasteiger charge is 2.16. The highest BCUT2D eigenvalue weighted by Crippen LogP contribution is 2.21. The summed E-state index contributed by atoms with van der Waals surface area (Å²) >= 11 is 0. The molecule has 1 aliphatic carbocycles. The summed E-state index contributed by atoms with van der Waals surface area (Å²) in [7, 11) is 2.15. The van der Waals surface area contributed by atoms with Gasteiger partial charge in [-0.15, -0.1) is 0 Å². The molecule has 0 unspecified atom stereocenters. The molecule has 1 aliphatic rings. The average Bonchev–Trinajstić information content (AvgIpc) is 2.98. The van der Waals surface area contributed by atoms with Crippen molar-refractivity contribution >= 4 is 5.95 Å². The number of hydrogen-bond donors (Lipinski definition) is 1. The zero-order valence-corrected chi connectivity index (χ0v) is 11.0. The van der Waals surface area contributed by atoms with E-state index in [0.717, 1.165) is 25.6 Å². The Labute approximate surface area is 104 Å². The lowest BCUT2D eigenvalue weighted by Crippen LogP contribution is -2.24. The quantitative estimate of drug-likeness (QED) is 0.822. The molecule has 96 valence electrons. The lowest BCUT2D eigenvalue weighted by Gasteiger charge is -2.17. The summed E-state index contributed by atoms with van der Waals surface area (Å²) < 4.78 is 2.23. The Kier molecular flexibility index (Phi) is 4.42. The third-order valence-corrected chi connectivity index (χ3v) is 3.67. The van der Waals surface area contributed by atoms with E-state index in [2.05, 4.69) is 39.9 Å². The van der Waals surface area contributed by atoms with Gasteiger partial charge >= 0.3 is 0 Å². The fourth-order valence-corrected chi connectivity index (χ4v) is 2.32. The van der Waals surface area contributed by atoms with Crippen LogP contribution in [-0.2, 0) is 6.54 Å². The van der Waals surface area contributed by atoms with E-state index in [1.807, 2.05) is 6.20 Å². The largest absolute Gasteiger partial charge is 0.353 e. The molecule has 0 radical (unpaired) electrons. The predicted molar refractivity (Wildman–Crippen MR) is 71.3 cm³/mol. The smallest absolute Gasteiger partial charge is 0.203 e. The van der Waals surface area contributed by atoms with Crippen LogP contribution < -0.4 is 5.32 Å². The fraction of sp³-hybridized carbons (Fsp3) is 0.769. The Hall–Kier alpha value is -1.03. The van der Waals surface area contributed by atoms with Crippen LogP contribution in [0.5, 0.6) is 0 Å². The van der Waals surface area contributed by atoms with Crippen molar-refractivity contribution in [1.82, 2.24) is 14.5 Å². The summed E-state index contributed by atoms with van der Waals surface area (Å²) in [6, 6.07) is 0.639. The summed E-state index contributed by atoms with van der Waals surface area (Å²) in [5.41, 5.74) is 0. The molecule has 2 rings (SSSR count). The van der Waals surface area contributed by atoms with Gasteiger partial charge in [0.15, 0.2) is 0 Å². The Morgan fingerprint density at radius 1 is 1.47 bits per heavy atom. The zero-order chi connectivity index (χ0) is 12.1. The second kappa shape index (κ2) is 6.05. The molecule has 1 aromatic rings. The second-order valence-corrected chi connectivity index (χ2v) is 4.97. The third kappa shape index (κ3) is 3.46. The van der Waals surface area contributed by atoms with E-state index in [1.54, 1.807) is 0 Å². The minimum Gasteiger partial charge on any atom is -0.353 e. The molecule has 1 aromatic heterocycles. The van der Waals surface area contributed by atoms with Gasteiger partial charge in [0.05, 0.1) is 0 Å². The number of likely N-dealkylation sites (N-methyl/N-ethyl adjacent to an activating group) is 1. The van der Waals surface area contributed by atoms with Gasteiger partial charge in [-0.2, -0.15) is 0 Å². The number of imidazole rings is 1. The summed E-state index contributed by atoms with van der Waals surface area (Å²) in [6.07, 6.45) is 9.27. The van der Waals surface area contributed by atoms with Gasteiger partial charge in [-0.1, -0.05) is 19.8 Å². The first kappa shape index (κ1) is 12.4. The minimum atomic E-state index is 0.639. The van der Waals surface area contributed by atoms with Gasteiger partial charge in [0.1, 0.15) is 0 Å². The van der Waals surface area contributed by atoms with Gasteiger partial charge in [0.2, 0.25) is 5.95 Å². The van der Waals surface area contributed by atoms with Crippen LogP contribution in [0.3, 0.4) is 0 Å². The molecule has 0 spiro atoms. The molecular weight excluding hydrogens is 212 g/mol. The van der Waals surface area contributed by atoms with Crippen LogP contribution in [0.1, 0.15) is 32.6 Å². The number of rotatable bonds is 6. The SMILES string of the molecule is CCN(C)CCn1ccnc1NC1CCCC1. The van der Waals surface area contributed by atoms with Crippen LogP contribution in [0.2, 0.25) is 0 Å². The first-order valence-corrected chi connectivity index (χ1v) is 6.76. The van der Waals surface area contributed by atoms with Gasteiger partial charge in [-0.25, -0.2) is 4.98 Å². The van der Waals surface area contributed by atoms with Crippen LogP contribution in [0.4, 0.5) is 5.95 Å². The summed E-state index contributed by atoms with van der Waals surface area (Å²) in [6.45, 7) is 5.37. The normalized spacial score (nSPS) is 16.9. The Bertz CT molecular complexity index is 328. The molecule has 17 heavy (non-hydrogen) atoms. The molecule has 4 heteroatoms. The molecule has 0 aliphatic heterocycles. The summed E-state index contributed by atoms with van der Waals surface area (Å²) in [5, 5.41) is 3.56. The van der Waals surface area contributed by atoms with E-state index in [9.17, 15) is 0 Å². The van der Waals surface area contributed by atoms with E-state index >= 15 is 0 Å².